The molecule has 3 rings (SSSR count). The largest absolute Gasteiger partial charge is 0.338 e. The number of rotatable bonds is 3. The highest BCUT2D eigenvalue weighted by atomic mass is 16.2. The molecule has 0 spiro atoms. The van der Waals surface area contributed by atoms with Crippen LogP contribution in [0, 0.1) is 26.7 Å². The van der Waals surface area contributed by atoms with Crippen molar-refractivity contribution in [3.63, 3.8) is 0 Å². The summed E-state index contributed by atoms with van der Waals surface area (Å²) in [6.45, 7) is 7.20. The predicted octanol–water partition coefficient (Wildman–Crippen LogP) is 4.10. The highest BCUT2D eigenvalue weighted by Crippen LogP contribution is 2.22. The Morgan fingerprint density at radius 1 is 1.00 bits per heavy atom. The van der Waals surface area contributed by atoms with E-state index in [4.69, 9.17) is 0 Å². The molecule has 2 aromatic rings. The molecule has 1 fully saturated rings. The molecule has 1 aliphatic heterocycles. The lowest BCUT2D eigenvalue weighted by molar-refractivity contribution is -0.121. The van der Waals surface area contributed by atoms with Crippen LogP contribution in [0.15, 0.2) is 42.5 Å². The molecule has 4 nitrogen and oxygen atoms in total. The Morgan fingerprint density at radius 3 is 2.42 bits per heavy atom. The van der Waals surface area contributed by atoms with E-state index in [1.165, 1.54) is 0 Å². The Bertz CT molecular complexity index is 808. The lowest BCUT2D eigenvalue weighted by atomic mass is 9.96. The van der Waals surface area contributed by atoms with Crippen LogP contribution in [-0.2, 0) is 4.79 Å². The van der Waals surface area contributed by atoms with Crippen LogP contribution in [0.5, 0.6) is 0 Å². The molecule has 2 amide bonds. The number of benzene rings is 2. The van der Waals surface area contributed by atoms with Crippen LogP contribution in [0.1, 0.15) is 39.9 Å². The zero-order valence-electron chi connectivity index (χ0n) is 15.7. The standard InChI is InChI=1S/C22H26N2O2/c1-15-6-4-7-18(11-15)22(26)24-9-5-8-19(14-24)21(25)23-20-12-16(2)10-17(3)13-20/h4,6-7,10-13,19H,5,8-9,14H2,1-3H3,(H,23,25)/t19-/m1/s1. The number of aryl methyl sites for hydroxylation is 3. The minimum atomic E-state index is -0.168. The summed E-state index contributed by atoms with van der Waals surface area (Å²) >= 11 is 0. The van der Waals surface area contributed by atoms with E-state index in [-0.39, 0.29) is 17.7 Å². The van der Waals surface area contributed by atoms with Crippen LogP contribution < -0.4 is 5.32 Å². The van der Waals surface area contributed by atoms with Crippen LogP contribution in [0.3, 0.4) is 0 Å². The average Bonchev–Trinajstić information content (AvgIpc) is 2.60. The summed E-state index contributed by atoms with van der Waals surface area (Å²) in [5, 5.41) is 3.02. The molecule has 0 bridgehead atoms. The second-order valence-electron chi connectivity index (χ2n) is 7.33. The lowest BCUT2D eigenvalue weighted by Crippen LogP contribution is -2.43. The minimum absolute atomic E-state index is 0.00302. The number of carbonyl (C=O) groups excluding carboxylic acids is 2. The van der Waals surface area contributed by atoms with Crippen molar-refractivity contribution in [1.29, 1.82) is 0 Å². The smallest absolute Gasteiger partial charge is 0.253 e. The van der Waals surface area contributed by atoms with Gasteiger partial charge in [-0.3, -0.25) is 9.59 Å². The molecular weight excluding hydrogens is 324 g/mol. The highest BCUT2D eigenvalue weighted by molar-refractivity contribution is 5.96. The second kappa shape index (κ2) is 7.73. The number of hydrogen-bond donors (Lipinski definition) is 1. The van der Waals surface area contributed by atoms with Gasteiger partial charge in [-0.25, -0.2) is 0 Å². The van der Waals surface area contributed by atoms with Gasteiger partial charge < -0.3 is 10.2 Å². The predicted molar refractivity (Wildman–Crippen MR) is 104 cm³/mol. The van der Waals surface area contributed by atoms with Gasteiger partial charge in [0.05, 0.1) is 5.92 Å². The maximum absolute atomic E-state index is 12.8. The molecule has 0 saturated carbocycles. The first-order chi connectivity index (χ1) is 12.4. The van der Waals surface area contributed by atoms with E-state index in [2.05, 4.69) is 11.4 Å². The van der Waals surface area contributed by atoms with Gasteiger partial charge in [0.15, 0.2) is 0 Å². The summed E-state index contributed by atoms with van der Waals surface area (Å²) in [7, 11) is 0. The van der Waals surface area contributed by atoms with Gasteiger partial charge >= 0.3 is 0 Å². The van der Waals surface area contributed by atoms with Crippen molar-refractivity contribution in [2.24, 2.45) is 5.92 Å². The van der Waals surface area contributed by atoms with E-state index in [1.807, 2.05) is 62.1 Å². The van der Waals surface area contributed by atoms with Crippen molar-refractivity contribution in [3.05, 3.63) is 64.7 Å². The average molecular weight is 350 g/mol. The van der Waals surface area contributed by atoms with E-state index in [0.717, 1.165) is 35.2 Å². The summed E-state index contributed by atoms with van der Waals surface area (Å²) in [6, 6.07) is 13.7. The molecule has 0 aliphatic carbocycles. The number of nitrogens with zero attached hydrogens (tertiary/aromatic N) is 1. The fourth-order valence-electron chi connectivity index (χ4n) is 3.63. The minimum Gasteiger partial charge on any atom is -0.338 e. The Balaban J connectivity index is 1.67. The summed E-state index contributed by atoms with van der Waals surface area (Å²) in [5.41, 5.74) is 4.84. The number of carbonyl (C=O) groups is 2. The molecule has 1 aliphatic rings. The van der Waals surface area contributed by atoms with E-state index >= 15 is 0 Å². The molecule has 0 radical (unpaired) electrons. The number of anilines is 1. The van der Waals surface area contributed by atoms with Gasteiger partial charge in [0, 0.05) is 24.3 Å². The van der Waals surface area contributed by atoms with E-state index in [1.54, 1.807) is 0 Å². The molecule has 136 valence electrons. The molecule has 2 aromatic carbocycles. The third kappa shape index (κ3) is 4.31. The number of nitrogens with one attached hydrogen (secondary N) is 1. The summed E-state index contributed by atoms with van der Waals surface area (Å²) in [5.74, 6) is -0.160. The quantitative estimate of drug-likeness (QED) is 0.906. The summed E-state index contributed by atoms with van der Waals surface area (Å²) < 4.78 is 0. The van der Waals surface area contributed by atoms with Crippen LogP contribution >= 0.6 is 0 Å². The van der Waals surface area contributed by atoms with Crippen LogP contribution in [-0.4, -0.2) is 29.8 Å². The van der Waals surface area contributed by atoms with Gasteiger partial charge in [-0.1, -0.05) is 23.8 Å². The maximum atomic E-state index is 12.8. The molecule has 0 unspecified atom stereocenters. The normalized spacial score (nSPS) is 17.0. The van der Waals surface area contributed by atoms with Crippen molar-refractivity contribution < 1.29 is 9.59 Å². The van der Waals surface area contributed by atoms with Gasteiger partial charge in [-0.05, 0) is 69.0 Å². The fourth-order valence-corrected chi connectivity index (χ4v) is 3.63. The highest BCUT2D eigenvalue weighted by Gasteiger charge is 2.29. The van der Waals surface area contributed by atoms with Gasteiger partial charge in [0.25, 0.3) is 5.91 Å². The van der Waals surface area contributed by atoms with Gasteiger partial charge in [-0.2, -0.15) is 0 Å². The monoisotopic (exact) mass is 350 g/mol. The first-order valence-corrected chi connectivity index (χ1v) is 9.17. The molecule has 1 saturated heterocycles. The second-order valence-corrected chi connectivity index (χ2v) is 7.33. The number of amides is 2. The summed E-state index contributed by atoms with van der Waals surface area (Å²) in [4.78, 5) is 27.3. The van der Waals surface area contributed by atoms with Crippen LogP contribution in [0.4, 0.5) is 5.69 Å². The SMILES string of the molecule is Cc1cc(C)cc(NC(=O)[C@@H]2CCCN(C(=O)c3cccc(C)c3)C2)c1. The molecule has 1 atom stereocenters. The van der Waals surface area contributed by atoms with Crippen molar-refractivity contribution in [2.45, 2.75) is 33.6 Å². The number of hydrogen-bond acceptors (Lipinski definition) is 2. The Labute approximate surface area is 155 Å². The third-order valence-corrected chi connectivity index (χ3v) is 4.83. The fraction of sp³-hybridized carbons (Fsp3) is 0.364. The van der Waals surface area contributed by atoms with Crippen molar-refractivity contribution in [2.75, 3.05) is 18.4 Å². The molecule has 26 heavy (non-hydrogen) atoms. The van der Waals surface area contributed by atoms with Gasteiger partial charge in [0.1, 0.15) is 0 Å². The topological polar surface area (TPSA) is 49.4 Å². The molecular formula is C22H26N2O2. The Hall–Kier alpha value is -2.62. The maximum Gasteiger partial charge on any atom is 0.253 e. The third-order valence-electron chi connectivity index (χ3n) is 4.83. The van der Waals surface area contributed by atoms with Gasteiger partial charge in [0.2, 0.25) is 5.91 Å². The molecule has 1 N–H and O–H groups in total. The first kappa shape index (κ1) is 18.2. The van der Waals surface area contributed by atoms with Crippen molar-refractivity contribution in [1.82, 2.24) is 4.90 Å². The number of likely N-dealkylation sites (tertiary alicyclic amines) is 1. The molecule has 4 heteroatoms. The Kier molecular flexibility index (Phi) is 5.40. The van der Waals surface area contributed by atoms with Gasteiger partial charge in [-0.15, -0.1) is 0 Å². The zero-order chi connectivity index (χ0) is 18.7. The molecule has 0 aromatic heterocycles. The zero-order valence-corrected chi connectivity index (χ0v) is 15.7. The first-order valence-electron chi connectivity index (χ1n) is 9.17. The Morgan fingerprint density at radius 2 is 1.73 bits per heavy atom. The van der Waals surface area contributed by atoms with Crippen molar-refractivity contribution in [3.8, 4) is 0 Å². The van der Waals surface area contributed by atoms with Crippen LogP contribution in [0.25, 0.3) is 0 Å². The summed E-state index contributed by atoms with van der Waals surface area (Å²) in [6.07, 6.45) is 1.66. The molecule has 1 heterocycles. The van der Waals surface area contributed by atoms with E-state index in [9.17, 15) is 9.59 Å². The lowest BCUT2D eigenvalue weighted by Gasteiger charge is -2.32. The van der Waals surface area contributed by atoms with Crippen molar-refractivity contribution >= 4 is 17.5 Å². The van der Waals surface area contributed by atoms with Crippen LogP contribution in [0.2, 0.25) is 0 Å². The van der Waals surface area contributed by atoms with E-state index < -0.39 is 0 Å². The number of piperidine rings is 1. The van der Waals surface area contributed by atoms with E-state index in [0.29, 0.717) is 18.7 Å².